The molecule has 0 aromatic heterocycles. The molecule has 37 heavy (non-hydrogen) atoms. The first-order valence-corrected chi connectivity index (χ1v) is 13.8. The van der Waals surface area contributed by atoms with E-state index >= 15 is 0 Å². The van der Waals surface area contributed by atoms with Crippen molar-refractivity contribution in [2.75, 3.05) is 17.1 Å². The van der Waals surface area contributed by atoms with Gasteiger partial charge in [0, 0.05) is 34.3 Å². The lowest BCUT2D eigenvalue weighted by Crippen LogP contribution is -2.54. The number of carbonyl (C=O) groups is 2. The molecule has 0 fully saturated rings. The number of nitrogens with zero attached hydrogens (tertiary/aromatic N) is 3. The lowest BCUT2D eigenvalue weighted by atomic mass is 10.1. The maximum Gasteiger partial charge on any atom is 0.271 e. The fraction of sp³-hybridized carbons (Fsp3) is 0.417. The zero-order valence-corrected chi connectivity index (χ0v) is 23.7. The lowest BCUT2D eigenvalue weighted by Gasteiger charge is -2.33. The summed E-state index contributed by atoms with van der Waals surface area (Å²) in [5, 5.41) is 14.8. The summed E-state index contributed by atoms with van der Waals surface area (Å²) in [6, 6.07) is 7.43. The van der Waals surface area contributed by atoms with Crippen molar-refractivity contribution in [2.24, 2.45) is 0 Å². The summed E-state index contributed by atoms with van der Waals surface area (Å²) in [4.78, 5) is 38.5. The quantitative estimate of drug-likeness (QED) is 0.352. The highest BCUT2D eigenvalue weighted by molar-refractivity contribution is 7.92. The highest BCUT2D eigenvalue weighted by Gasteiger charge is 2.32. The molecule has 2 aromatic rings. The number of sulfonamides is 1. The Morgan fingerprint density at radius 3 is 2.27 bits per heavy atom. The second kappa shape index (κ2) is 11.7. The topological polar surface area (TPSA) is 130 Å². The number of rotatable bonds is 9. The van der Waals surface area contributed by atoms with Crippen LogP contribution < -0.4 is 9.62 Å². The molecule has 202 valence electrons. The standard InChI is InChI=1S/C24H30Cl2N4O6S/c1-15-7-10-19(30(33)34)12-21(15)29(37(6,35)36)14-22(31)28(16(2)23(32)27-24(3,4)5)13-17-8-9-18(25)11-20(17)26/h7-12,16H,13-14H2,1-6H3,(H,27,32)/t16-/m1/s1. The number of hydrogen-bond acceptors (Lipinski definition) is 6. The lowest BCUT2D eigenvalue weighted by molar-refractivity contribution is -0.384. The Hall–Kier alpha value is -2.89. The van der Waals surface area contributed by atoms with E-state index in [9.17, 15) is 28.1 Å². The maximum atomic E-state index is 13.6. The highest BCUT2D eigenvalue weighted by atomic mass is 35.5. The molecule has 0 bridgehead atoms. The molecule has 1 N–H and O–H groups in total. The van der Waals surface area contributed by atoms with Gasteiger partial charge >= 0.3 is 0 Å². The number of carbonyl (C=O) groups excluding carboxylic acids is 2. The fourth-order valence-corrected chi connectivity index (χ4v) is 4.83. The van der Waals surface area contributed by atoms with Gasteiger partial charge in [-0.15, -0.1) is 0 Å². The van der Waals surface area contributed by atoms with Crippen molar-refractivity contribution in [3.05, 3.63) is 67.7 Å². The maximum absolute atomic E-state index is 13.6. The van der Waals surface area contributed by atoms with Crippen molar-refractivity contribution in [1.82, 2.24) is 10.2 Å². The molecular formula is C24H30Cl2N4O6S. The van der Waals surface area contributed by atoms with Gasteiger partial charge in [0.1, 0.15) is 12.6 Å². The zero-order chi connectivity index (χ0) is 28.3. The third-order valence-electron chi connectivity index (χ3n) is 5.37. The number of aryl methyl sites for hydroxylation is 1. The van der Waals surface area contributed by atoms with Gasteiger partial charge in [0.05, 0.1) is 16.9 Å². The molecule has 2 rings (SSSR count). The summed E-state index contributed by atoms with van der Waals surface area (Å²) in [5.41, 5.74) is -0.0238. The van der Waals surface area contributed by atoms with Gasteiger partial charge in [0.2, 0.25) is 21.8 Å². The van der Waals surface area contributed by atoms with Crippen molar-refractivity contribution in [3.63, 3.8) is 0 Å². The number of amides is 2. The minimum Gasteiger partial charge on any atom is -0.350 e. The van der Waals surface area contributed by atoms with Crippen LogP contribution in [0, 0.1) is 17.0 Å². The Morgan fingerprint density at radius 2 is 1.76 bits per heavy atom. The number of nitro groups is 1. The predicted molar refractivity (Wildman–Crippen MR) is 144 cm³/mol. The largest absolute Gasteiger partial charge is 0.350 e. The molecule has 0 heterocycles. The number of hydrogen-bond donors (Lipinski definition) is 1. The van der Waals surface area contributed by atoms with Crippen LogP contribution in [0.3, 0.4) is 0 Å². The number of benzene rings is 2. The minimum absolute atomic E-state index is 0.0127. The van der Waals surface area contributed by atoms with Crippen molar-refractivity contribution >= 4 is 56.4 Å². The summed E-state index contributed by atoms with van der Waals surface area (Å²) in [7, 11) is -4.05. The Balaban J connectivity index is 2.53. The number of nitro benzene ring substituents is 1. The zero-order valence-electron chi connectivity index (χ0n) is 21.4. The number of non-ortho nitro benzene ring substituents is 1. The first-order valence-electron chi connectivity index (χ1n) is 11.2. The van der Waals surface area contributed by atoms with E-state index in [2.05, 4.69) is 5.32 Å². The van der Waals surface area contributed by atoms with Crippen LogP contribution >= 0.6 is 23.2 Å². The van der Waals surface area contributed by atoms with E-state index in [0.717, 1.165) is 16.6 Å². The number of halogens is 2. The van der Waals surface area contributed by atoms with E-state index in [1.54, 1.807) is 39.8 Å². The van der Waals surface area contributed by atoms with Gasteiger partial charge in [-0.3, -0.25) is 24.0 Å². The number of nitrogens with one attached hydrogen (secondary N) is 1. The van der Waals surface area contributed by atoms with Crippen molar-refractivity contribution in [2.45, 2.75) is 52.7 Å². The second-order valence-electron chi connectivity index (χ2n) is 9.67. The van der Waals surface area contributed by atoms with Crippen LogP contribution in [0.25, 0.3) is 0 Å². The third-order valence-corrected chi connectivity index (χ3v) is 7.09. The molecule has 0 aliphatic rings. The fourth-order valence-electron chi connectivity index (χ4n) is 3.46. The molecule has 0 spiro atoms. The molecule has 2 aromatic carbocycles. The van der Waals surface area contributed by atoms with E-state index in [0.29, 0.717) is 16.1 Å². The molecule has 0 aliphatic heterocycles. The van der Waals surface area contributed by atoms with E-state index in [4.69, 9.17) is 23.2 Å². The molecule has 0 aliphatic carbocycles. The Bertz CT molecular complexity index is 1310. The normalized spacial score (nSPS) is 12.5. The highest BCUT2D eigenvalue weighted by Crippen LogP contribution is 2.28. The third kappa shape index (κ3) is 8.31. The van der Waals surface area contributed by atoms with Crippen molar-refractivity contribution in [3.8, 4) is 0 Å². The van der Waals surface area contributed by atoms with Gasteiger partial charge in [-0.05, 0) is 57.9 Å². The average molecular weight is 573 g/mol. The van der Waals surface area contributed by atoms with Crippen LogP contribution in [0.2, 0.25) is 10.0 Å². The molecule has 0 radical (unpaired) electrons. The van der Waals surface area contributed by atoms with Crippen LogP contribution in [0.5, 0.6) is 0 Å². The van der Waals surface area contributed by atoms with Crippen LogP contribution in [0.15, 0.2) is 36.4 Å². The van der Waals surface area contributed by atoms with E-state index < -0.39 is 44.9 Å². The molecule has 13 heteroatoms. The van der Waals surface area contributed by atoms with Gasteiger partial charge in [-0.1, -0.05) is 35.3 Å². The molecular weight excluding hydrogens is 543 g/mol. The second-order valence-corrected chi connectivity index (χ2v) is 12.4. The molecule has 0 saturated carbocycles. The molecule has 1 atom stereocenters. The van der Waals surface area contributed by atoms with Crippen LogP contribution in [-0.2, 0) is 26.2 Å². The molecule has 0 unspecified atom stereocenters. The predicted octanol–water partition coefficient (Wildman–Crippen LogP) is 4.31. The summed E-state index contributed by atoms with van der Waals surface area (Å²) in [6.45, 7) is 7.65. The van der Waals surface area contributed by atoms with Gasteiger partial charge in [-0.25, -0.2) is 8.42 Å². The summed E-state index contributed by atoms with van der Waals surface area (Å²) < 4.78 is 26.3. The van der Waals surface area contributed by atoms with Crippen LogP contribution in [0.4, 0.5) is 11.4 Å². The Morgan fingerprint density at radius 1 is 1.14 bits per heavy atom. The SMILES string of the molecule is Cc1ccc([N+](=O)[O-])cc1N(CC(=O)N(Cc1ccc(Cl)cc1Cl)[C@H](C)C(=O)NC(C)(C)C)S(C)(=O)=O. The summed E-state index contributed by atoms with van der Waals surface area (Å²) in [6.07, 6.45) is 0.898. The average Bonchev–Trinajstić information content (AvgIpc) is 2.74. The first kappa shape index (κ1) is 30.3. The Labute approximate surface area is 226 Å². The molecule has 10 nitrogen and oxygen atoms in total. The van der Waals surface area contributed by atoms with Gasteiger partial charge in [0.25, 0.3) is 5.69 Å². The van der Waals surface area contributed by atoms with Gasteiger partial charge in [0.15, 0.2) is 0 Å². The van der Waals surface area contributed by atoms with E-state index in [-0.39, 0.29) is 22.9 Å². The van der Waals surface area contributed by atoms with Gasteiger partial charge < -0.3 is 10.2 Å². The summed E-state index contributed by atoms with van der Waals surface area (Å²) in [5.74, 6) is -1.16. The van der Waals surface area contributed by atoms with Crippen molar-refractivity contribution in [1.29, 1.82) is 0 Å². The van der Waals surface area contributed by atoms with Crippen molar-refractivity contribution < 1.29 is 22.9 Å². The smallest absolute Gasteiger partial charge is 0.271 e. The summed E-state index contributed by atoms with van der Waals surface area (Å²) >= 11 is 12.3. The van der Waals surface area contributed by atoms with E-state index in [1.807, 2.05) is 0 Å². The van der Waals surface area contributed by atoms with Crippen LogP contribution in [-0.4, -0.2) is 54.4 Å². The minimum atomic E-state index is -4.05. The van der Waals surface area contributed by atoms with Gasteiger partial charge in [-0.2, -0.15) is 0 Å². The molecule has 2 amide bonds. The Kier molecular flexibility index (Phi) is 9.56. The first-order chi connectivity index (χ1) is 16.9. The monoisotopic (exact) mass is 572 g/mol. The van der Waals surface area contributed by atoms with E-state index in [1.165, 1.54) is 30.0 Å². The molecule has 0 saturated heterocycles. The van der Waals surface area contributed by atoms with Crippen LogP contribution in [0.1, 0.15) is 38.8 Å². The number of anilines is 1.